The van der Waals surface area contributed by atoms with E-state index < -0.39 is 0 Å². The van der Waals surface area contributed by atoms with E-state index in [0.29, 0.717) is 6.54 Å². The maximum absolute atomic E-state index is 12.4. The Hall–Kier alpha value is -1.35. The fourth-order valence-electron chi connectivity index (χ4n) is 2.17. The van der Waals surface area contributed by atoms with E-state index in [2.05, 4.69) is 26.1 Å². The van der Waals surface area contributed by atoms with Gasteiger partial charge >= 0.3 is 0 Å². The van der Waals surface area contributed by atoms with Gasteiger partial charge in [-0.1, -0.05) is 39.0 Å². The van der Waals surface area contributed by atoms with Gasteiger partial charge in [-0.25, -0.2) is 0 Å². The molecule has 3 heteroatoms. The van der Waals surface area contributed by atoms with Crippen LogP contribution in [-0.4, -0.2) is 18.0 Å². The van der Waals surface area contributed by atoms with Crippen LogP contribution < -0.4 is 11.1 Å². The molecule has 0 unspecified atom stereocenters. The highest BCUT2D eigenvalue weighted by atomic mass is 16.1. The van der Waals surface area contributed by atoms with Crippen molar-refractivity contribution in [2.24, 2.45) is 5.73 Å². The topological polar surface area (TPSA) is 55.1 Å². The van der Waals surface area contributed by atoms with Crippen LogP contribution in [0.5, 0.6) is 0 Å². The molecular weight excluding hydrogens is 224 g/mol. The van der Waals surface area contributed by atoms with Gasteiger partial charge < -0.3 is 11.1 Å². The first-order valence-electron chi connectivity index (χ1n) is 6.50. The lowest BCUT2D eigenvalue weighted by atomic mass is 9.83. The third kappa shape index (κ3) is 2.56. The second-order valence-electron chi connectivity index (χ2n) is 6.23. The van der Waals surface area contributed by atoms with Crippen LogP contribution in [0.15, 0.2) is 24.3 Å². The Morgan fingerprint density at radius 2 is 1.94 bits per heavy atom. The van der Waals surface area contributed by atoms with E-state index in [-0.39, 0.29) is 16.9 Å². The van der Waals surface area contributed by atoms with Gasteiger partial charge in [0.05, 0.1) is 5.54 Å². The van der Waals surface area contributed by atoms with Gasteiger partial charge in [0.2, 0.25) is 0 Å². The largest absolute Gasteiger partial charge is 0.345 e. The molecule has 98 valence electrons. The molecule has 1 saturated carbocycles. The van der Waals surface area contributed by atoms with Crippen LogP contribution in [-0.2, 0) is 5.41 Å². The van der Waals surface area contributed by atoms with Gasteiger partial charge in [-0.15, -0.1) is 0 Å². The Kier molecular flexibility index (Phi) is 3.20. The molecule has 0 aromatic heterocycles. The van der Waals surface area contributed by atoms with Gasteiger partial charge in [-0.2, -0.15) is 0 Å². The summed E-state index contributed by atoms with van der Waals surface area (Å²) in [5.41, 5.74) is 7.38. The van der Waals surface area contributed by atoms with E-state index in [1.807, 2.05) is 24.3 Å². The smallest absolute Gasteiger partial charge is 0.252 e. The summed E-state index contributed by atoms with van der Waals surface area (Å²) in [6.45, 7) is 6.88. The molecule has 1 aliphatic rings. The van der Waals surface area contributed by atoms with Crippen molar-refractivity contribution in [3.8, 4) is 0 Å². The van der Waals surface area contributed by atoms with Crippen LogP contribution in [0.1, 0.15) is 49.5 Å². The van der Waals surface area contributed by atoms with E-state index >= 15 is 0 Å². The van der Waals surface area contributed by atoms with Crippen molar-refractivity contribution in [3.05, 3.63) is 35.4 Å². The van der Waals surface area contributed by atoms with Crippen molar-refractivity contribution < 1.29 is 4.79 Å². The summed E-state index contributed by atoms with van der Waals surface area (Å²) in [7, 11) is 0. The number of hydrogen-bond donors (Lipinski definition) is 2. The summed E-state index contributed by atoms with van der Waals surface area (Å²) >= 11 is 0. The van der Waals surface area contributed by atoms with E-state index in [1.165, 1.54) is 0 Å². The zero-order valence-corrected chi connectivity index (χ0v) is 11.4. The Morgan fingerprint density at radius 3 is 2.44 bits per heavy atom. The molecule has 0 atom stereocenters. The van der Waals surface area contributed by atoms with Gasteiger partial charge in [-0.3, -0.25) is 4.79 Å². The molecule has 3 nitrogen and oxygen atoms in total. The minimum Gasteiger partial charge on any atom is -0.345 e. The number of rotatable bonds is 3. The summed E-state index contributed by atoms with van der Waals surface area (Å²) in [5, 5.41) is 3.08. The highest BCUT2D eigenvalue weighted by molar-refractivity contribution is 5.96. The highest BCUT2D eigenvalue weighted by Gasteiger charge is 2.43. The van der Waals surface area contributed by atoms with Crippen LogP contribution in [0.3, 0.4) is 0 Å². The number of hydrogen-bond acceptors (Lipinski definition) is 2. The van der Waals surface area contributed by atoms with Crippen LogP contribution in [0.25, 0.3) is 0 Å². The second-order valence-corrected chi connectivity index (χ2v) is 6.23. The fourth-order valence-corrected chi connectivity index (χ4v) is 2.17. The molecule has 0 bridgehead atoms. The normalized spacial score (nSPS) is 17.3. The molecule has 18 heavy (non-hydrogen) atoms. The van der Waals surface area contributed by atoms with Crippen molar-refractivity contribution in [3.63, 3.8) is 0 Å². The zero-order valence-electron chi connectivity index (χ0n) is 11.4. The Labute approximate surface area is 109 Å². The van der Waals surface area contributed by atoms with Crippen LogP contribution in [0.2, 0.25) is 0 Å². The fraction of sp³-hybridized carbons (Fsp3) is 0.533. The predicted molar refractivity (Wildman–Crippen MR) is 73.6 cm³/mol. The molecule has 2 rings (SSSR count). The molecule has 1 amide bonds. The summed E-state index contributed by atoms with van der Waals surface area (Å²) in [6.07, 6.45) is 1.99. The third-order valence-electron chi connectivity index (χ3n) is 3.60. The van der Waals surface area contributed by atoms with Gasteiger partial charge in [0.1, 0.15) is 0 Å². The maximum Gasteiger partial charge on any atom is 0.252 e. The van der Waals surface area contributed by atoms with Crippen molar-refractivity contribution in [1.29, 1.82) is 0 Å². The summed E-state index contributed by atoms with van der Waals surface area (Å²) in [6, 6.07) is 7.80. The van der Waals surface area contributed by atoms with Crippen molar-refractivity contribution in [1.82, 2.24) is 5.32 Å². The SMILES string of the molecule is CC(C)(C)c1ccccc1C(=O)NC1(CN)CC1. The standard InChI is InChI=1S/C15H22N2O/c1-14(2,3)12-7-5-4-6-11(12)13(18)17-15(10-16)8-9-15/h4-7H,8-10,16H2,1-3H3,(H,17,18). The molecule has 0 heterocycles. The molecular formula is C15H22N2O. The Bertz CT molecular complexity index is 456. The molecule has 0 aliphatic heterocycles. The molecule has 0 spiro atoms. The highest BCUT2D eigenvalue weighted by Crippen LogP contribution is 2.35. The minimum atomic E-state index is -0.137. The summed E-state index contributed by atoms with van der Waals surface area (Å²) < 4.78 is 0. The molecule has 1 aromatic rings. The Morgan fingerprint density at radius 1 is 1.33 bits per heavy atom. The number of nitrogens with two attached hydrogens (primary N) is 1. The minimum absolute atomic E-state index is 0.00322. The summed E-state index contributed by atoms with van der Waals surface area (Å²) in [4.78, 5) is 12.4. The van der Waals surface area contributed by atoms with Gasteiger partial charge in [0, 0.05) is 12.1 Å². The molecule has 1 fully saturated rings. The first-order chi connectivity index (χ1) is 8.38. The van der Waals surface area contributed by atoms with Crippen molar-refractivity contribution in [2.75, 3.05) is 6.54 Å². The van der Waals surface area contributed by atoms with Crippen molar-refractivity contribution in [2.45, 2.75) is 44.6 Å². The number of carbonyl (C=O) groups is 1. The van der Waals surface area contributed by atoms with Crippen LogP contribution >= 0.6 is 0 Å². The lowest BCUT2D eigenvalue weighted by Gasteiger charge is -2.23. The monoisotopic (exact) mass is 246 g/mol. The van der Waals surface area contributed by atoms with Crippen molar-refractivity contribution >= 4 is 5.91 Å². The number of benzene rings is 1. The number of nitrogens with one attached hydrogen (secondary N) is 1. The quantitative estimate of drug-likeness (QED) is 0.859. The third-order valence-corrected chi connectivity index (χ3v) is 3.60. The lowest BCUT2D eigenvalue weighted by molar-refractivity contribution is 0.0931. The molecule has 3 N–H and O–H groups in total. The zero-order chi connectivity index (χ0) is 13.4. The van der Waals surface area contributed by atoms with Gasteiger partial charge in [0.15, 0.2) is 0 Å². The average Bonchev–Trinajstić information content (AvgIpc) is 3.08. The van der Waals surface area contributed by atoms with Crippen LogP contribution in [0, 0.1) is 0 Å². The molecule has 1 aromatic carbocycles. The summed E-state index contributed by atoms with van der Waals surface area (Å²) in [5.74, 6) is 0.00322. The molecule has 0 saturated heterocycles. The first kappa shape index (κ1) is 13.1. The lowest BCUT2D eigenvalue weighted by Crippen LogP contribution is -2.43. The Balaban J connectivity index is 2.25. The molecule has 0 radical (unpaired) electrons. The number of amides is 1. The van der Waals surface area contributed by atoms with Gasteiger partial charge in [-0.05, 0) is 29.9 Å². The van der Waals surface area contributed by atoms with Gasteiger partial charge in [0.25, 0.3) is 5.91 Å². The maximum atomic E-state index is 12.4. The van der Waals surface area contributed by atoms with Crippen LogP contribution in [0.4, 0.5) is 0 Å². The first-order valence-corrected chi connectivity index (χ1v) is 6.50. The van der Waals surface area contributed by atoms with E-state index in [9.17, 15) is 4.79 Å². The van der Waals surface area contributed by atoms with E-state index in [1.54, 1.807) is 0 Å². The molecule has 1 aliphatic carbocycles. The average molecular weight is 246 g/mol. The van der Waals surface area contributed by atoms with E-state index in [0.717, 1.165) is 24.0 Å². The predicted octanol–water partition coefficient (Wildman–Crippen LogP) is 2.21. The second kappa shape index (κ2) is 4.39. The van der Waals surface area contributed by atoms with E-state index in [4.69, 9.17) is 5.73 Å². The number of carbonyl (C=O) groups excluding carboxylic acids is 1.